The zero-order valence-corrected chi connectivity index (χ0v) is 45.6. The van der Waals surface area contributed by atoms with Crippen molar-refractivity contribution in [1.82, 2.24) is 5.32 Å². The highest BCUT2D eigenvalue weighted by atomic mass is 16.5. The molecular weight excluding hydrogens is 839 g/mol. The molecule has 0 saturated heterocycles. The number of hydrogen-bond donors (Lipinski definition) is 3. The van der Waals surface area contributed by atoms with E-state index in [9.17, 15) is 19.8 Å². The Balaban J connectivity index is 3.46. The first kappa shape index (κ1) is 66.1. The molecule has 3 N–H and O–H groups in total. The molecule has 0 radical (unpaired) electrons. The number of aliphatic hydroxyl groups is 2. The van der Waals surface area contributed by atoms with Crippen LogP contribution in [0, 0.1) is 0 Å². The van der Waals surface area contributed by atoms with Crippen LogP contribution < -0.4 is 5.32 Å². The van der Waals surface area contributed by atoms with Gasteiger partial charge in [-0.15, -0.1) is 0 Å². The maximum Gasteiger partial charge on any atom is 0.305 e. The van der Waals surface area contributed by atoms with Gasteiger partial charge in [-0.3, -0.25) is 9.59 Å². The van der Waals surface area contributed by atoms with E-state index in [1.165, 1.54) is 218 Å². The number of esters is 1. The number of carbonyl (C=O) groups excluding carboxylic acids is 2. The Morgan fingerprint density at radius 2 is 0.735 bits per heavy atom. The average Bonchev–Trinajstić information content (AvgIpc) is 3.34. The molecule has 2 atom stereocenters. The van der Waals surface area contributed by atoms with Crippen molar-refractivity contribution in [1.29, 1.82) is 0 Å². The first-order valence-corrected chi connectivity index (χ1v) is 30.2. The van der Waals surface area contributed by atoms with E-state index in [4.69, 9.17) is 4.74 Å². The van der Waals surface area contributed by atoms with Gasteiger partial charge in [-0.05, 0) is 83.5 Å². The molecule has 0 aliphatic carbocycles. The Morgan fingerprint density at radius 3 is 1.16 bits per heavy atom. The molecule has 0 aliphatic heterocycles. The summed E-state index contributed by atoms with van der Waals surface area (Å²) in [5.41, 5.74) is 0. The Bertz CT molecular complexity index is 1100. The van der Waals surface area contributed by atoms with Gasteiger partial charge in [-0.1, -0.05) is 262 Å². The topological polar surface area (TPSA) is 95.9 Å². The maximum atomic E-state index is 12.5. The summed E-state index contributed by atoms with van der Waals surface area (Å²) in [6, 6.07) is -0.553. The second-order valence-corrected chi connectivity index (χ2v) is 20.7. The van der Waals surface area contributed by atoms with Gasteiger partial charge in [0.1, 0.15) is 0 Å². The molecule has 68 heavy (non-hydrogen) atoms. The van der Waals surface area contributed by atoms with Gasteiger partial charge < -0.3 is 20.3 Å². The Kier molecular flexibility index (Phi) is 56.0. The highest BCUT2D eigenvalue weighted by molar-refractivity contribution is 5.76. The molecule has 0 saturated carbocycles. The van der Waals surface area contributed by atoms with Gasteiger partial charge in [-0.2, -0.15) is 0 Å². The van der Waals surface area contributed by atoms with Crippen molar-refractivity contribution in [3.63, 3.8) is 0 Å². The Morgan fingerprint density at radius 1 is 0.412 bits per heavy atom. The molecule has 0 heterocycles. The molecule has 0 rings (SSSR count). The molecule has 0 aromatic carbocycles. The van der Waals surface area contributed by atoms with Crippen LogP contribution >= 0.6 is 0 Å². The predicted molar refractivity (Wildman–Crippen MR) is 296 cm³/mol. The van der Waals surface area contributed by atoms with Crippen molar-refractivity contribution in [2.45, 2.75) is 334 Å². The predicted octanol–water partition coefficient (Wildman–Crippen LogP) is 18.8. The van der Waals surface area contributed by atoms with Gasteiger partial charge in [0.2, 0.25) is 5.91 Å². The number of carbonyl (C=O) groups is 2. The minimum atomic E-state index is -0.674. The second-order valence-electron chi connectivity index (χ2n) is 20.7. The molecule has 0 bridgehead atoms. The third-order valence-electron chi connectivity index (χ3n) is 13.9. The van der Waals surface area contributed by atoms with Crippen LogP contribution in [-0.4, -0.2) is 47.4 Å². The van der Waals surface area contributed by atoms with Crippen molar-refractivity contribution in [2.75, 3.05) is 13.2 Å². The second kappa shape index (κ2) is 57.7. The van der Waals surface area contributed by atoms with E-state index < -0.39 is 12.1 Å². The quantitative estimate of drug-likeness (QED) is 0.0321. The summed E-state index contributed by atoms with van der Waals surface area (Å²) in [4.78, 5) is 24.5. The van der Waals surface area contributed by atoms with E-state index in [-0.39, 0.29) is 18.5 Å². The van der Waals surface area contributed by atoms with Crippen LogP contribution in [0.1, 0.15) is 322 Å². The Labute approximate surface area is 424 Å². The van der Waals surface area contributed by atoms with Crippen molar-refractivity contribution >= 4 is 11.9 Å². The van der Waals surface area contributed by atoms with Gasteiger partial charge in [0.15, 0.2) is 0 Å². The van der Waals surface area contributed by atoms with Crippen molar-refractivity contribution in [3.05, 3.63) is 36.5 Å². The molecular formula is C62H117NO5. The minimum Gasteiger partial charge on any atom is -0.466 e. The molecule has 6 nitrogen and oxygen atoms in total. The number of rotatable bonds is 56. The monoisotopic (exact) mass is 956 g/mol. The molecule has 0 aromatic rings. The van der Waals surface area contributed by atoms with Crippen molar-refractivity contribution in [3.8, 4) is 0 Å². The smallest absolute Gasteiger partial charge is 0.305 e. The summed E-state index contributed by atoms with van der Waals surface area (Å²) >= 11 is 0. The van der Waals surface area contributed by atoms with Crippen LogP contribution in [0.5, 0.6) is 0 Å². The highest BCUT2D eigenvalue weighted by Gasteiger charge is 2.20. The van der Waals surface area contributed by atoms with Crippen LogP contribution in [0.2, 0.25) is 0 Å². The number of hydrogen-bond acceptors (Lipinski definition) is 5. The van der Waals surface area contributed by atoms with Crippen molar-refractivity contribution in [2.24, 2.45) is 0 Å². The minimum absolute atomic E-state index is 0.0109. The lowest BCUT2D eigenvalue weighted by Gasteiger charge is -2.22. The first-order valence-electron chi connectivity index (χ1n) is 30.2. The number of aliphatic hydroxyl groups excluding tert-OH is 2. The lowest BCUT2D eigenvalue weighted by Crippen LogP contribution is -2.45. The van der Waals surface area contributed by atoms with Crippen LogP contribution in [0.3, 0.4) is 0 Å². The molecule has 1 amide bonds. The molecule has 400 valence electrons. The van der Waals surface area contributed by atoms with E-state index in [1.807, 2.05) is 0 Å². The summed E-state index contributed by atoms with van der Waals surface area (Å²) in [6.07, 6.45) is 71.4. The number of allylic oxidation sites excluding steroid dienone is 6. The zero-order valence-electron chi connectivity index (χ0n) is 45.6. The summed E-state index contributed by atoms with van der Waals surface area (Å²) in [6.45, 7) is 4.92. The van der Waals surface area contributed by atoms with Gasteiger partial charge in [0.05, 0.1) is 25.4 Å². The molecule has 2 unspecified atom stereocenters. The number of unbranched alkanes of at least 4 members (excludes halogenated alkanes) is 39. The van der Waals surface area contributed by atoms with E-state index in [1.54, 1.807) is 0 Å². The van der Waals surface area contributed by atoms with Gasteiger partial charge in [0, 0.05) is 12.8 Å². The molecule has 0 fully saturated rings. The number of amides is 1. The van der Waals surface area contributed by atoms with Gasteiger partial charge in [-0.25, -0.2) is 0 Å². The highest BCUT2D eigenvalue weighted by Crippen LogP contribution is 2.17. The third kappa shape index (κ3) is 53.4. The van der Waals surface area contributed by atoms with Crippen LogP contribution in [-0.2, 0) is 14.3 Å². The fourth-order valence-corrected chi connectivity index (χ4v) is 9.25. The fraction of sp³-hybridized carbons (Fsp3) is 0.871. The van der Waals surface area contributed by atoms with E-state index >= 15 is 0 Å². The Hall–Kier alpha value is -1.92. The van der Waals surface area contributed by atoms with E-state index in [0.29, 0.717) is 25.9 Å². The van der Waals surface area contributed by atoms with E-state index in [2.05, 4.69) is 55.6 Å². The SMILES string of the molecule is CCCCC/C=C\C/C=C\CCCCCCCC(=O)OCCCCCCCCCCC/C=C\CCCCCCCC(=O)NC(CO)C(O)CCCCCCCCCCCCCCCCCCCC. The average molecular weight is 957 g/mol. The standard InChI is InChI=1S/C62H117NO5/c1-3-5-7-9-11-13-15-17-19-20-23-27-30-34-38-42-46-50-54-60(65)59(58-64)63-61(66)55-51-47-43-39-35-31-28-24-21-22-25-29-33-37-41-45-49-53-57-68-62(67)56-52-48-44-40-36-32-26-18-16-14-12-10-8-6-4-2/h12,14,18,24,26,28,59-60,64-65H,3-11,13,15-17,19-23,25,27,29-58H2,1-2H3,(H,63,66)/b14-12-,26-18-,28-24-. The van der Waals surface area contributed by atoms with Gasteiger partial charge >= 0.3 is 5.97 Å². The number of ether oxygens (including phenoxy) is 1. The molecule has 0 aliphatic rings. The maximum absolute atomic E-state index is 12.5. The summed E-state index contributed by atoms with van der Waals surface area (Å²) in [5.74, 6) is -0.0587. The zero-order chi connectivity index (χ0) is 49.3. The molecule has 0 aromatic heterocycles. The van der Waals surface area contributed by atoms with Gasteiger partial charge in [0.25, 0.3) is 0 Å². The summed E-state index contributed by atoms with van der Waals surface area (Å²) in [7, 11) is 0. The molecule has 6 heteroatoms. The summed E-state index contributed by atoms with van der Waals surface area (Å²) in [5, 5.41) is 23.3. The first-order chi connectivity index (χ1) is 33.5. The third-order valence-corrected chi connectivity index (χ3v) is 13.9. The number of nitrogens with one attached hydrogen (secondary N) is 1. The van der Waals surface area contributed by atoms with Crippen LogP contribution in [0.15, 0.2) is 36.5 Å². The van der Waals surface area contributed by atoms with Crippen molar-refractivity contribution < 1.29 is 24.5 Å². The van der Waals surface area contributed by atoms with Crippen LogP contribution in [0.25, 0.3) is 0 Å². The van der Waals surface area contributed by atoms with Crippen LogP contribution in [0.4, 0.5) is 0 Å². The lowest BCUT2D eigenvalue weighted by atomic mass is 10.0. The summed E-state index contributed by atoms with van der Waals surface area (Å²) < 4.78 is 5.47. The largest absolute Gasteiger partial charge is 0.466 e. The van der Waals surface area contributed by atoms with E-state index in [0.717, 1.165) is 70.6 Å². The molecule has 0 spiro atoms. The fourth-order valence-electron chi connectivity index (χ4n) is 9.25. The normalized spacial score (nSPS) is 12.8. The lowest BCUT2D eigenvalue weighted by molar-refractivity contribution is -0.143.